The number of nitrogens with zero attached hydrogens (tertiary/aromatic N) is 2. The molecule has 1 aromatic carbocycles. The van der Waals surface area contributed by atoms with Crippen molar-refractivity contribution in [2.75, 3.05) is 11.1 Å². The molecule has 102 valence electrons. The Hall–Kier alpha value is -2.04. The van der Waals surface area contributed by atoms with Crippen molar-refractivity contribution in [2.24, 2.45) is 7.05 Å². The van der Waals surface area contributed by atoms with Gasteiger partial charge in [0.25, 0.3) is 0 Å². The third-order valence-corrected chi connectivity index (χ3v) is 3.02. The van der Waals surface area contributed by atoms with Crippen LogP contribution in [0.1, 0.15) is 24.6 Å². The van der Waals surface area contributed by atoms with Gasteiger partial charge in [-0.25, -0.2) is 4.39 Å². The second-order valence-electron chi connectivity index (χ2n) is 4.69. The van der Waals surface area contributed by atoms with E-state index in [2.05, 4.69) is 17.3 Å². The number of rotatable bonds is 4. The van der Waals surface area contributed by atoms with E-state index in [1.807, 2.05) is 6.92 Å². The Kier molecular flexibility index (Phi) is 3.74. The van der Waals surface area contributed by atoms with Crippen LogP contribution >= 0.6 is 0 Å². The quantitative estimate of drug-likeness (QED) is 0.890. The van der Waals surface area contributed by atoms with Gasteiger partial charge < -0.3 is 11.1 Å². The van der Waals surface area contributed by atoms with Gasteiger partial charge in [0.05, 0.1) is 17.1 Å². The van der Waals surface area contributed by atoms with Crippen molar-refractivity contribution in [1.82, 2.24) is 9.78 Å². The van der Waals surface area contributed by atoms with Crippen LogP contribution in [0.3, 0.4) is 0 Å². The highest BCUT2D eigenvalue weighted by molar-refractivity contribution is 5.71. The first kappa shape index (κ1) is 13.4. The number of halogens is 1. The molecule has 0 amide bonds. The summed E-state index contributed by atoms with van der Waals surface area (Å²) < 4.78 is 15.4. The Bertz CT molecular complexity index is 589. The van der Waals surface area contributed by atoms with Crippen LogP contribution in [0.25, 0.3) is 0 Å². The highest BCUT2D eigenvalue weighted by Crippen LogP contribution is 2.28. The maximum Gasteiger partial charge on any atom is 0.152 e. The summed E-state index contributed by atoms with van der Waals surface area (Å²) >= 11 is 0. The maximum atomic E-state index is 13.7. The van der Waals surface area contributed by atoms with E-state index in [-0.39, 0.29) is 5.82 Å². The molecule has 2 aromatic rings. The minimum Gasteiger partial charge on any atom is -0.394 e. The molecule has 0 saturated carbocycles. The molecule has 5 heteroatoms. The molecule has 1 aromatic heterocycles. The van der Waals surface area contributed by atoms with Gasteiger partial charge in [-0.1, -0.05) is 19.4 Å². The van der Waals surface area contributed by atoms with Crippen molar-refractivity contribution >= 4 is 17.2 Å². The minimum atomic E-state index is -0.303. The second-order valence-corrected chi connectivity index (χ2v) is 4.69. The summed E-state index contributed by atoms with van der Waals surface area (Å²) in [5.74, 6) is 0.330. The summed E-state index contributed by atoms with van der Waals surface area (Å²) in [6.45, 7) is 3.99. The van der Waals surface area contributed by atoms with E-state index in [0.717, 1.165) is 24.1 Å². The number of nitrogen functional groups attached to an aromatic ring is 1. The van der Waals surface area contributed by atoms with Crippen molar-refractivity contribution in [3.8, 4) is 0 Å². The zero-order chi connectivity index (χ0) is 14.0. The number of aryl methyl sites for hydroxylation is 3. The van der Waals surface area contributed by atoms with Gasteiger partial charge in [-0.05, 0) is 31.0 Å². The minimum absolute atomic E-state index is 0.303. The van der Waals surface area contributed by atoms with E-state index in [1.165, 1.54) is 6.07 Å². The molecular formula is C14H19FN4. The van der Waals surface area contributed by atoms with Crippen LogP contribution in [-0.4, -0.2) is 9.78 Å². The molecule has 0 unspecified atom stereocenters. The molecule has 1 heterocycles. The number of benzene rings is 1. The molecular weight excluding hydrogens is 243 g/mol. The third-order valence-electron chi connectivity index (χ3n) is 3.02. The van der Waals surface area contributed by atoms with E-state index in [0.29, 0.717) is 17.2 Å². The van der Waals surface area contributed by atoms with Crippen molar-refractivity contribution in [3.63, 3.8) is 0 Å². The lowest BCUT2D eigenvalue weighted by molar-refractivity contribution is 0.631. The fourth-order valence-electron chi connectivity index (χ4n) is 2.03. The number of hydrogen-bond donors (Lipinski definition) is 2. The number of aromatic nitrogens is 2. The molecule has 2 rings (SSSR count). The number of nitrogens with one attached hydrogen (secondary N) is 1. The molecule has 0 radical (unpaired) electrons. The highest BCUT2D eigenvalue weighted by Gasteiger charge is 2.14. The summed E-state index contributed by atoms with van der Waals surface area (Å²) in [5, 5.41) is 7.38. The molecule has 0 spiro atoms. The standard InChI is InChI=1S/C14H19FN4/c1-4-5-11-13(16)14(19(3)18-11)17-12-8-9(2)6-7-10(12)15/h6-8,17H,4-5,16H2,1-3H3. The normalized spacial score (nSPS) is 10.7. The first-order valence-electron chi connectivity index (χ1n) is 6.37. The van der Waals surface area contributed by atoms with Gasteiger partial charge in [0, 0.05) is 7.05 Å². The molecule has 4 nitrogen and oxygen atoms in total. The third kappa shape index (κ3) is 2.70. The zero-order valence-electron chi connectivity index (χ0n) is 11.5. The van der Waals surface area contributed by atoms with Gasteiger partial charge in [0.2, 0.25) is 0 Å². The van der Waals surface area contributed by atoms with Crippen LogP contribution in [0, 0.1) is 12.7 Å². The van der Waals surface area contributed by atoms with Crippen molar-refractivity contribution in [1.29, 1.82) is 0 Å². The molecule has 0 aliphatic carbocycles. The Morgan fingerprint density at radius 3 is 2.84 bits per heavy atom. The predicted octanol–water partition coefficient (Wildman–Crippen LogP) is 3.15. The maximum absolute atomic E-state index is 13.7. The van der Waals surface area contributed by atoms with Gasteiger partial charge in [0.15, 0.2) is 5.82 Å². The Balaban J connectivity index is 2.35. The summed E-state index contributed by atoms with van der Waals surface area (Å²) in [6.07, 6.45) is 1.79. The summed E-state index contributed by atoms with van der Waals surface area (Å²) in [7, 11) is 1.80. The Labute approximate surface area is 112 Å². The van der Waals surface area contributed by atoms with Gasteiger partial charge in [0.1, 0.15) is 5.82 Å². The number of nitrogens with two attached hydrogens (primary N) is 1. The van der Waals surface area contributed by atoms with Gasteiger partial charge >= 0.3 is 0 Å². The lowest BCUT2D eigenvalue weighted by Crippen LogP contribution is -2.03. The largest absolute Gasteiger partial charge is 0.394 e. The Morgan fingerprint density at radius 1 is 1.42 bits per heavy atom. The summed E-state index contributed by atoms with van der Waals surface area (Å²) in [4.78, 5) is 0. The second kappa shape index (κ2) is 5.30. The van der Waals surface area contributed by atoms with E-state index in [4.69, 9.17) is 5.73 Å². The molecule has 3 N–H and O–H groups in total. The van der Waals surface area contributed by atoms with E-state index < -0.39 is 0 Å². The van der Waals surface area contributed by atoms with Crippen LogP contribution < -0.4 is 11.1 Å². The monoisotopic (exact) mass is 262 g/mol. The predicted molar refractivity (Wildman–Crippen MR) is 76.0 cm³/mol. The highest BCUT2D eigenvalue weighted by atomic mass is 19.1. The molecule has 0 bridgehead atoms. The molecule has 0 fully saturated rings. The fourth-order valence-corrected chi connectivity index (χ4v) is 2.03. The average Bonchev–Trinajstić information content (AvgIpc) is 2.62. The van der Waals surface area contributed by atoms with E-state index in [9.17, 15) is 4.39 Å². The smallest absolute Gasteiger partial charge is 0.152 e. The molecule has 0 atom stereocenters. The molecule has 0 saturated heterocycles. The van der Waals surface area contributed by atoms with Crippen LogP contribution in [-0.2, 0) is 13.5 Å². The summed E-state index contributed by atoms with van der Waals surface area (Å²) in [5.41, 5.74) is 8.89. The van der Waals surface area contributed by atoms with Gasteiger partial charge in [-0.15, -0.1) is 0 Å². The molecule has 0 aliphatic heterocycles. The number of hydrogen-bond acceptors (Lipinski definition) is 3. The van der Waals surface area contributed by atoms with Crippen molar-refractivity contribution in [3.05, 3.63) is 35.3 Å². The van der Waals surface area contributed by atoms with Gasteiger partial charge in [-0.3, -0.25) is 4.68 Å². The van der Waals surface area contributed by atoms with Gasteiger partial charge in [-0.2, -0.15) is 5.10 Å². The SMILES string of the molecule is CCCc1nn(C)c(Nc2cc(C)ccc2F)c1N. The first-order chi connectivity index (χ1) is 9.02. The first-order valence-corrected chi connectivity index (χ1v) is 6.37. The Morgan fingerprint density at radius 2 is 2.16 bits per heavy atom. The van der Waals surface area contributed by atoms with Crippen molar-refractivity contribution < 1.29 is 4.39 Å². The fraction of sp³-hybridized carbons (Fsp3) is 0.357. The lowest BCUT2D eigenvalue weighted by atomic mass is 10.2. The van der Waals surface area contributed by atoms with Crippen LogP contribution in [0.15, 0.2) is 18.2 Å². The van der Waals surface area contributed by atoms with Crippen LogP contribution in [0.5, 0.6) is 0 Å². The molecule has 19 heavy (non-hydrogen) atoms. The van der Waals surface area contributed by atoms with Crippen molar-refractivity contribution in [2.45, 2.75) is 26.7 Å². The average molecular weight is 262 g/mol. The number of anilines is 3. The topological polar surface area (TPSA) is 55.9 Å². The van der Waals surface area contributed by atoms with Crippen LogP contribution in [0.4, 0.5) is 21.6 Å². The lowest BCUT2D eigenvalue weighted by Gasteiger charge is -2.09. The van der Waals surface area contributed by atoms with Crippen LogP contribution in [0.2, 0.25) is 0 Å². The summed E-state index contributed by atoms with van der Waals surface area (Å²) in [6, 6.07) is 4.92. The zero-order valence-corrected chi connectivity index (χ0v) is 11.5. The van der Waals surface area contributed by atoms with E-state index >= 15 is 0 Å². The van der Waals surface area contributed by atoms with E-state index in [1.54, 1.807) is 23.9 Å². The molecule has 0 aliphatic rings.